The summed E-state index contributed by atoms with van der Waals surface area (Å²) < 4.78 is 0. The van der Waals surface area contributed by atoms with Gasteiger partial charge in [-0.3, -0.25) is 0 Å². The Kier molecular flexibility index (Phi) is 6.52. The Bertz CT molecular complexity index is 428. The maximum Gasteiger partial charge on any atom is 0.0418 e. The number of nitrogens with one attached hydrogen (secondary N) is 2. The number of hydrogen-bond donors (Lipinski definition) is 2. The largest absolute Gasteiger partial charge is 0.385 e. The molecule has 0 bridgehead atoms. The number of nitrogens with zero attached hydrogens (tertiary/aromatic N) is 1. The third-order valence-electron chi connectivity index (χ3n) is 4.47. The van der Waals surface area contributed by atoms with E-state index in [0.717, 1.165) is 19.6 Å². The molecule has 21 heavy (non-hydrogen) atoms. The van der Waals surface area contributed by atoms with E-state index in [1.54, 1.807) is 0 Å². The molecule has 0 aromatic heterocycles. The normalized spacial score (nSPS) is 14.3. The van der Waals surface area contributed by atoms with Crippen LogP contribution in [-0.2, 0) is 13.0 Å². The van der Waals surface area contributed by atoms with Crippen LogP contribution in [0.1, 0.15) is 44.2 Å². The predicted octanol–water partition coefficient (Wildman–Crippen LogP) is 3.25. The molecule has 2 N–H and O–H groups in total. The van der Waals surface area contributed by atoms with Crippen molar-refractivity contribution in [2.24, 2.45) is 0 Å². The Labute approximate surface area is 130 Å². The average Bonchev–Trinajstić information content (AvgIpc) is 2.50. The van der Waals surface area contributed by atoms with E-state index >= 15 is 0 Å². The van der Waals surface area contributed by atoms with Crippen molar-refractivity contribution in [1.29, 1.82) is 0 Å². The average molecular weight is 289 g/mol. The fourth-order valence-electron chi connectivity index (χ4n) is 2.82. The first kappa shape index (κ1) is 16.3. The van der Waals surface area contributed by atoms with Crippen LogP contribution in [0.5, 0.6) is 0 Å². The molecule has 1 aromatic rings. The molecule has 0 saturated carbocycles. The van der Waals surface area contributed by atoms with E-state index in [-0.39, 0.29) is 0 Å². The van der Waals surface area contributed by atoms with E-state index in [4.69, 9.17) is 0 Å². The molecule has 0 saturated heterocycles. The van der Waals surface area contributed by atoms with Crippen LogP contribution < -0.4 is 10.6 Å². The van der Waals surface area contributed by atoms with Crippen LogP contribution in [0.2, 0.25) is 0 Å². The van der Waals surface area contributed by atoms with Gasteiger partial charge < -0.3 is 15.5 Å². The van der Waals surface area contributed by atoms with Gasteiger partial charge in [-0.25, -0.2) is 0 Å². The van der Waals surface area contributed by atoms with Gasteiger partial charge in [0.15, 0.2) is 0 Å². The van der Waals surface area contributed by atoms with Gasteiger partial charge in [-0.15, -0.1) is 0 Å². The Morgan fingerprint density at radius 3 is 2.95 bits per heavy atom. The number of unbranched alkanes of at least 4 members (excludes halogenated alkanes) is 1. The number of aryl methyl sites for hydroxylation is 1. The first-order valence-corrected chi connectivity index (χ1v) is 8.44. The second-order valence-corrected chi connectivity index (χ2v) is 6.44. The summed E-state index contributed by atoms with van der Waals surface area (Å²) in [5, 5.41) is 7.16. The molecule has 0 radical (unpaired) electrons. The van der Waals surface area contributed by atoms with E-state index in [1.807, 2.05) is 0 Å². The lowest BCUT2D eigenvalue weighted by Crippen LogP contribution is -2.28. The Hall–Kier alpha value is -1.06. The van der Waals surface area contributed by atoms with Crippen molar-refractivity contribution in [3.63, 3.8) is 0 Å². The fourth-order valence-corrected chi connectivity index (χ4v) is 2.82. The summed E-state index contributed by atoms with van der Waals surface area (Å²) in [5.41, 5.74) is 4.29. The highest BCUT2D eigenvalue weighted by atomic mass is 15.1. The number of anilines is 1. The van der Waals surface area contributed by atoms with E-state index in [1.165, 1.54) is 49.0 Å². The number of rotatable bonds is 8. The van der Waals surface area contributed by atoms with Crippen molar-refractivity contribution in [2.45, 2.75) is 52.1 Å². The first-order valence-electron chi connectivity index (χ1n) is 8.44. The molecule has 0 unspecified atom stereocenters. The molecule has 3 nitrogen and oxygen atoms in total. The summed E-state index contributed by atoms with van der Waals surface area (Å²) >= 11 is 0. The summed E-state index contributed by atoms with van der Waals surface area (Å²) in [6.07, 6.45) is 5.00. The molecule has 1 aliphatic heterocycles. The molecule has 0 aliphatic carbocycles. The maximum atomic E-state index is 3.60. The Morgan fingerprint density at radius 2 is 2.14 bits per heavy atom. The fraction of sp³-hybridized carbons (Fsp3) is 0.667. The monoisotopic (exact) mass is 289 g/mol. The molecule has 0 atom stereocenters. The van der Waals surface area contributed by atoms with Crippen LogP contribution in [0.15, 0.2) is 18.2 Å². The smallest absolute Gasteiger partial charge is 0.0418 e. The highest BCUT2D eigenvalue weighted by molar-refractivity contribution is 5.59. The number of fused-ring (bicyclic) bond motifs is 1. The van der Waals surface area contributed by atoms with Gasteiger partial charge in [-0.2, -0.15) is 0 Å². The van der Waals surface area contributed by atoms with E-state index in [0.29, 0.717) is 6.04 Å². The van der Waals surface area contributed by atoms with Crippen molar-refractivity contribution in [3.8, 4) is 0 Å². The molecule has 0 amide bonds. The number of hydrogen-bond acceptors (Lipinski definition) is 3. The third-order valence-corrected chi connectivity index (χ3v) is 4.47. The maximum absolute atomic E-state index is 3.60. The van der Waals surface area contributed by atoms with Crippen molar-refractivity contribution in [3.05, 3.63) is 29.3 Å². The molecule has 1 aliphatic rings. The van der Waals surface area contributed by atoms with E-state index in [2.05, 4.69) is 54.6 Å². The van der Waals surface area contributed by atoms with Gasteiger partial charge in [0.25, 0.3) is 0 Å². The van der Waals surface area contributed by atoms with Gasteiger partial charge in [-0.1, -0.05) is 18.2 Å². The van der Waals surface area contributed by atoms with Gasteiger partial charge in [-0.05, 0) is 70.8 Å². The topological polar surface area (TPSA) is 27.3 Å². The lowest BCUT2D eigenvalue weighted by Gasteiger charge is -2.22. The minimum absolute atomic E-state index is 0.653. The molecule has 0 spiro atoms. The second kappa shape index (κ2) is 8.40. The molecule has 3 heteroatoms. The molecule has 2 rings (SSSR count). The zero-order valence-corrected chi connectivity index (χ0v) is 13.9. The van der Waals surface area contributed by atoms with Crippen molar-refractivity contribution in [2.75, 3.05) is 32.0 Å². The molecule has 1 aromatic carbocycles. The Balaban J connectivity index is 1.67. The summed E-state index contributed by atoms with van der Waals surface area (Å²) in [5.74, 6) is 0. The van der Waals surface area contributed by atoms with Crippen LogP contribution in [0.4, 0.5) is 5.69 Å². The van der Waals surface area contributed by atoms with E-state index < -0.39 is 0 Å². The van der Waals surface area contributed by atoms with Crippen LogP contribution in [-0.4, -0.2) is 37.6 Å². The lowest BCUT2D eigenvalue weighted by molar-refractivity contribution is 0.268. The van der Waals surface area contributed by atoms with Crippen molar-refractivity contribution >= 4 is 5.69 Å². The zero-order chi connectivity index (χ0) is 15.1. The van der Waals surface area contributed by atoms with Crippen LogP contribution in [0.25, 0.3) is 0 Å². The van der Waals surface area contributed by atoms with Crippen molar-refractivity contribution in [1.82, 2.24) is 10.2 Å². The molecule has 118 valence electrons. The first-order chi connectivity index (χ1) is 10.2. The number of para-hydroxylation sites is 1. The van der Waals surface area contributed by atoms with Crippen LogP contribution >= 0.6 is 0 Å². The second-order valence-electron chi connectivity index (χ2n) is 6.44. The minimum Gasteiger partial charge on any atom is -0.385 e. The minimum atomic E-state index is 0.653. The summed E-state index contributed by atoms with van der Waals surface area (Å²) in [6, 6.07) is 7.35. The SMILES string of the molecule is CC(C)N(C)CCCCNCc1cccc2c1NCCC2. The standard InChI is InChI=1S/C18H31N3/c1-15(2)21(3)13-5-4-11-19-14-17-9-6-8-16-10-7-12-20-18(16)17/h6,8-9,15,19-20H,4-5,7,10-14H2,1-3H3. The van der Waals surface area contributed by atoms with Gasteiger partial charge in [0.2, 0.25) is 0 Å². The third kappa shape index (κ3) is 5.01. The highest BCUT2D eigenvalue weighted by Crippen LogP contribution is 2.25. The summed E-state index contributed by atoms with van der Waals surface area (Å²) in [4.78, 5) is 2.41. The van der Waals surface area contributed by atoms with Gasteiger partial charge >= 0.3 is 0 Å². The predicted molar refractivity (Wildman–Crippen MR) is 92.0 cm³/mol. The molecular weight excluding hydrogens is 258 g/mol. The molecular formula is C18H31N3. The highest BCUT2D eigenvalue weighted by Gasteiger charge is 2.11. The summed E-state index contributed by atoms with van der Waals surface area (Å²) in [7, 11) is 2.21. The van der Waals surface area contributed by atoms with Gasteiger partial charge in [0.05, 0.1) is 0 Å². The number of benzene rings is 1. The molecule has 0 fully saturated rings. The quantitative estimate of drug-likeness (QED) is 0.719. The molecule has 1 heterocycles. The van der Waals surface area contributed by atoms with Gasteiger partial charge in [0.1, 0.15) is 0 Å². The van der Waals surface area contributed by atoms with Crippen LogP contribution in [0, 0.1) is 0 Å². The lowest BCUT2D eigenvalue weighted by atomic mass is 9.99. The van der Waals surface area contributed by atoms with Crippen molar-refractivity contribution < 1.29 is 0 Å². The Morgan fingerprint density at radius 1 is 1.29 bits per heavy atom. The van der Waals surface area contributed by atoms with Crippen LogP contribution in [0.3, 0.4) is 0 Å². The van der Waals surface area contributed by atoms with E-state index in [9.17, 15) is 0 Å². The summed E-state index contributed by atoms with van der Waals surface area (Å²) in [6.45, 7) is 8.91. The van der Waals surface area contributed by atoms with Gasteiger partial charge in [0, 0.05) is 24.8 Å². The zero-order valence-electron chi connectivity index (χ0n) is 13.9.